The molecule has 0 N–H and O–H groups in total. The second-order valence-electron chi connectivity index (χ2n) is 5.40. The van der Waals surface area contributed by atoms with E-state index in [-0.39, 0.29) is 5.41 Å². The fourth-order valence-corrected chi connectivity index (χ4v) is 3.56. The highest BCUT2D eigenvalue weighted by atomic mass is 31.1. The normalized spacial score (nSPS) is 12.3. The maximum absolute atomic E-state index is 12.7. The van der Waals surface area contributed by atoms with Gasteiger partial charge in [0.25, 0.3) is 0 Å². The van der Waals surface area contributed by atoms with Crippen molar-refractivity contribution in [2.45, 2.75) is 26.2 Å². The molecule has 0 aliphatic heterocycles. The van der Waals surface area contributed by atoms with E-state index in [1.807, 2.05) is 48.5 Å². The Hall–Kier alpha value is -1.46. The molecule has 0 saturated heterocycles. The van der Waals surface area contributed by atoms with E-state index in [0.29, 0.717) is 0 Å². The molecule has 0 amide bonds. The Morgan fingerprint density at radius 3 is 2.00 bits per heavy atom. The van der Waals surface area contributed by atoms with Crippen molar-refractivity contribution in [2.24, 2.45) is 0 Å². The van der Waals surface area contributed by atoms with Crippen LogP contribution in [0, 0.1) is 0 Å². The molecule has 2 rings (SSSR count). The van der Waals surface area contributed by atoms with E-state index in [4.69, 9.17) is 0 Å². The van der Waals surface area contributed by atoms with Gasteiger partial charge in [-0.1, -0.05) is 57.2 Å². The maximum atomic E-state index is 12.7. The van der Waals surface area contributed by atoms with Crippen molar-refractivity contribution in [3.63, 3.8) is 0 Å². The molecule has 0 aromatic heterocycles. The summed E-state index contributed by atoms with van der Waals surface area (Å²) in [5.41, 5.74) is 1.17. The third kappa shape index (κ3) is 2.68. The van der Waals surface area contributed by atoms with Crippen LogP contribution in [0.5, 0.6) is 0 Å². The van der Waals surface area contributed by atoms with Crippen LogP contribution < -0.4 is 10.6 Å². The van der Waals surface area contributed by atoms with Crippen LogP contribution in [0.2, 0.25) is 0 Å². The van der Waals surface area contributed by atoms with Crippen molar-refractivity contribution in [2.75, 3.05) is 0 Å². The summed E-state index contributed by atoms with van der Waals surface area (Å²) >= 11 is 0. The van der Waals surface area contributed by atoms with Crippen LogP contribution >= 0.6 is 7.80 Å². The highest BCUT2D eigenvalue weighted by molar-refractivity contribution is 7.61. The fraction of sp³-hybridized carbons (Fsp3) is 0.250. The van der Waals surface area contributed by atoms with Gasteiger partial charge in [0, 0.05) is 10.6 Å². The van der Waals surface area contributed by atoms with Gasteiger partial charge in [0.1, 0.15) is 7.80 Å². The molecule has 1 nitrogen and oxygen atoms in total. The number of hydrogen-bond acceptors (Lipinski definition) is 1. The van der Waals surface area contributed by atoms with Gasteiger partial charge in [-0.05, 0) is 29.2 Å². The Morgan fingerprint density at radius 1 is 0.833 bits per heavy atom. The Balaban J connectivity index is 2.50. The lowest BCUT2D eigenvalue weighted by Crippen LogP contribution is -2.22. The van der Waals surface area contributed by atoms with Gasteiger partial charge < -0.3 is 0 Å². The van der Waals surface area contributed by atoms with Gasteiger partial charge in [0.2, 0.25) is 0 Å². The highest BCUT2D eigenvalue weighted by Crippen LogP contribution is 2.28. The Labute approximate surface area is 110 Å². The molecular formula is C16H18OP. The quantitative estimate of drug-likeness (QED) is 0.749. The Morgan fingerprint density at radius 2 is 1.39 bits per heavy atom. The fourth-order valence-electron chi connectivity index (χ4n) is 1.99. The molecule has 0 spiro atoms. The van der Waals surface area contributed by atoms with Crippen LogP contribution in [0.1, 0.15) is 26.3 Å². The molecule has 2 aromatic carbocycles. The topological polar surface area (TPSA) is 17.1 Å². The lowest BCUT2D eigenvalue weighted by atomic mass is 9.87. The molecule has 2 aromatic rings. The maximum Gasteiger partial charge on any atom is 0.136 e. The van der Waals surface area contributed by atoms with E-state index in [1.54, 1.807) is 0 Å². The monoisotopic (exact) mass is 257 g/mol. The largest absolute Gasteiger partial charge is 0.277 e. The first-order chi connectivity index (χ1) is 8.50. The first-order valence-corrected chi connectivity index (χ1v) is 7.38. The second kappa shape index (κ2) is 5.04. The first-order valence-electron chi connectivity index (χ1n) is 6.12. The standard InChI is InChI=1S/C16H18OP/c1-16(2,3)14-11-7-8-12-15(14)18(17)13-9-5-4-6-10-13/h4-12H,1-3H3. The van der Waals surface area contributed by atoms with Gasteiger partial charge in [-0.2, -0.15) is 0 Å². The van der Waals surface area contributed by atoms with Crippen molar-refractivity contribution >= 4 is 18.4 Å². The van der Waals surface area contributed by atoms with Gasteiger partial charge in [0.15, 0.2) is 0 Å². The summed E-state index contributed by atoms with van der Waals surface area (Å²) < 4.78 is 12.7. The predicted molar refractivity (Wildman–Crippen MR) is 78.5 cm³/mol. The zero-order valence-electron chi connectivity index (χ0n) is 11.1. The lowest BCUT2D eigenvalue weighted by Gasteiger charge is -2.22. The molecule has 1 radical (unpaired) electrons. The van der Waals surface area contributed by atoms with E-state index in [0.717, 1.165) is 16.2 Å². The summed E-state index contributed by atoms with van der Waals surface area (Å²) in [7, 11) is -1.51. The lowest BCUT2D eigenvalue weighted by molar-refractivity contribution is 0.586. The van der Waals surface area contributed by atoms with Crippen LogP contribution in [-0.4, -0.2) is 0 Å². The van der Waals surface area contributed by atoms with Gasteiger partial charge in [-0.3, -0.25) is 4.57 Å². The van der Waals surface area contributed by atoms with E-state index < -0.39 is 7.80 Å². The van der Waals surface area contributed by atoms with Crippen molar-refractivity contribution < 1.29 is 4.57 Å². The third-order valence-corrected chi connectivity index (χ3v) is 4.52. The summed E-state index contributed by atoms with van der Waals surface area (Å²) in [5.74, 6) is 0. The van der Waals surface area contributed by atoms with Crippen LogP contribution in [0.25, 0.3) is 0 Å². The van der Waals surface area contributed by atoms with Crippen LogP contribution in [0.3, 0.4) is 0 Å². The average molecular weight is 257 g/mol. The summed E-state index contributed by atoms with van der Waals surface area (Å²) in [6, 6.07) is 17.7. The minimum absolute atomic E-state index is 0.0103. The molecule has 0 aliphatic carbocycles. The predicted octanol–water partition coefficient (Wildman–Crippen LogP) is 3.76. The van der Waals surface area contributed by atoms with E-state index in [9.17, 15) is 4.57 Å². The van der Waals surface area contributed by atoms with Gasteiger partial charge in [0.05, 0.1) is 0 Å². The van der Waals surface area contributed by atoms with Crippen molar-refractivity contribution in [1.29, 1.82) is 0 Å². The second-order valence-corrected chi connectivity index (χ2v) is 6.98. The van der Waals surface area contributed by atoms with Gasteiger partial charge in [-0.15, -0.1) is 0 Å². The zero-order valence-corrected chi connectivity index (χ0v) is 11.9. The molecule has 0 saturated carbocycles. The zero-order chi connectivity index (χ0) is 13.2. The summed E-state index contributed by atoms with van der Waals surface area (Å²) in [4.78, 5) is 0. The molecule has 1 atom stereocenters. The highest BCUT2D eigenvalue weighted by Gasteiger charge is 2.21. The molecule has 93 valence electrons. The summed E-state index contributed by atoms with van der Waals surface area (Å²) in [6.45, 7) is 6.46. The van der Waals surface area contributed by atoms with Gasteiger partial charge >= 0.3 is 0 Å². The minimum atomic E-state index is -1.51. The number of hydrogen-bond donors (Lipinski definition) is 0. The van der Waals surface area contributed by atoms with E-state index >= 15 is 0 Å². The molecular weight excluding hydrogens is 239 g/mol. The molecule has 1 unspecified atom stereocenters. The number of rotatable bonds is 2. The molecule has 18 heavy (non-hydrogen) atoms. The molecule has 0 bridgehead atoms. The van der Waals surface area contributed by atoms with Gasteiger partial charge in [-0.25, -0.2) is 0 Å². The third-order valence-electron chi connectivity index (χ3n) is 2.92. The Kier molecular flexibility index (Phi) is 3.63. The number of benzene rings is 2. The molecule has 2 heteroatoms. The Bertz CT molecular complexity index is 553. The molecule has 0 aliphatic rings. The van der Waals surface area contributed by atoms with Crippen molar-refractivity contribution in [3.05, 3.63) is 60.2 Å². The SMILES string of the molecule is CC(C)(C)c1ccccc1[P](=O)c1ccccc1. The molecule has 0 heterocycles. The molecule has 0 fully saturated rings. The summed E-state index contributed by atoms with van der Waals surface area (Å²) in [5, 5.41) is 1.84. The van der Waals surface area contributed by atoms with Crippen LogP contribution in [-0.2, 0) is 9.98 Å². The van der Waals surface area contributed by atoms with E-state index in [2.05, 4.69) is 26.8 Å². The van der Waals surface area contributed by atoms with Crippen LogP contribution in [0.15, 0.2) is 54.6 Å². The van der Waals surface area contributed by atoms with E-state index in [1.165, 1.54) is 0 Å². The minimum Gasteiger partial charge on any atom is -0.277 e. The van der Waals surface area contributed by atoms with Crippen LogP contribution in [0.4, 0.5) is 0 Å². The van der Waals surface area contributed by atoms with Crippen molar-refractivity contribution in [3.8, 4) is 0 Å². The van der Waals surface area contributed by atoms with Crippen molar-refractivity contribution in [1.82, 2.24) is 0 Å². The summed E-state index contributed by atoms with van der Waals surface area (Å²) in [6.07, 6.45) is 0. The smallest absolute Gasteiger partial charge is 0.136 e. The first kappa shape index (κ1) is 13.0. The average Bonchev–Trinajstić information content (AvgIpc) is 2.38.